The molecule has 0 radical (unpaired) electrons. The normalized spacial score (nSPS) is 20.1. The van der Waals surface area contributed by atoms with Crippen molar-refractivity contribution in [1.29, 1.82) is 0 Å². The first-order valence-corrected chi connectivity index (χ1v) is 8.41. The molecule has 7 nitrogen and oxygen atoms in total. The Morgan fingerprint density at radius 1 is 1.60 bits per heavy atom. The van der Waals surface area contributed by atoms with Crippen molar-refractivity contribution in [2.45, 2.75) is 37.6 Å². The van der Waals surface area contributed by atoms with Gasteiger partial charge in [0.25, 0.3) is 0 Å². The van der Waals surface area contributed by atoms with Gasteiger partial charge in [-0.1, -0.05) is 6.92 Å². The predicted octanol–water partition coefficient (Wildman–Crippen LogP) is 0.580. The first kappa shape index (κ1) is 15.3. The zero-order chi connectivity index (χ0) is 14.6. The fourth-order valence-electron chi connectivity index (χ4n) is 2.24. The maximum absolute atomic E-state index is 12.2. The quantitative estimate of drug-likeness (QED) is 0.801. The van der Waals surface area contributed by atoms with Crippen molar-refractivity contribution in [1.82, 2.24) is 14.5 Å². The molecular weight excluding hydrogens is 280 g/mol. The van der Waals surface area contributed by atoms with Crippen LogP contribution >= 0.6 is 0 Å². The van der Waals surface area contributed by atoms with Crippen LogP contribution in [-0.4, -0.2) is 38.0 Å². The van der Waals surface area contributed by atoms with Gasteiger partial charge in [-0.05, 0) is 25.2 Å². The summed E-state index contributed by atoms with van der Waals surface area (Å²) in [6.07, 6.45) is 4.31. The molecule has 1 atom stereocenters. The van der Waals surface area contributed by atoms with Crippen molar-refractivity contribution < 1.29 is 13.2 Å². The highest BCUT2D eigenvalue weighted by atomic mass is 32.2. The Hall–Kier alpha value is -1.12. The fourth-order valence-corrected chi connectivity index (χ4v) is 3.43. The predicted molar refractivity (Wildman–Crippen MR) is 75.7 cm³/mol. The number of aryl methyl sites for hydroxylation is 1. The Bertz CT molecular complexity index is 535. The molecule has 3 N–H and O–H groups in total. The minimum Gasteiger partial charge on any atom is -0.381 e. The zero-order valence-electron chi connectivity index (χ0n) is 11.7. The number of nitrogen functional groups attached to an aromatic ring is 1. The van der Waals surface area contributed by atoms with Crippen LogP contribution in [0.3, 0.4) is 0 Å². The number of sulfonamides is 1. The Balaban J connectivity index is 2.01. The van der Waals surface area contributed by atoms with Crippen LogP contribution in [-0.2, 0) is 21.3 Å². The zero-order valence-corrected chi connectivity index (χ0v) is 12.5. The maximum Gasteiger partial charge on any atom is 0.245 e. The van der Waals surface area contributed by atoms with Crippen molar-refractivity contribution in [3.05, 3.63) is 6.20 Å². The minimum absolute atomic E-state index is 0.0471. The summed E-state index contributed by atoms with van der Waals surface area (Å²) in [4.78, 5) is 0.0580. The molecule has 0 bridgehead atoms. The topological polar surface area (TPSA) is 99.2 Å². The SMILES string of the molecule is CCCn1cc(S(=O)(=O)NCC2CCCOC2)c(N)n1. The standard InChI is InChI=1S/C12H22N4O3S/c1-2-5-16-8-11(12(13)15-16)20(17,18)14-7-10-4-3-6-19-9-10/h8,10,14H,2-7,9H2,1H3,(H2,13,15). The van der Waals surface area contributed by atoms with E-state index in [1.165, 1.54) is 6.20 Å². The summed E-state index contributed by atoms with van der Waals surface area (Å²) in [6, 6.07) is 0. The van der Waals surface area contributed by atoms with Gasteiger partial charge in [0.05, 0.1) is 6.61 Å². The van der Waals surface area contributed by atoms with E-state index < -0.39 is 10.0 Å². The highest BCUT2D eigenvalue weighted by Crippen LogP contribution is 2.18. The molecule has 2 heterocycles. The number of rotatable bonds is 6. The molecule has 0 aliphatic carbocycles. The third kappa shape index (κ3) is 3.71. The lowest BCUT2D eigenvalue weighted by Crippen LogP contribution is -2.33. The summed E-state index contributed by atoms with van der Waals surface area (Å²) >= 11 is 0. The summed E-state index contributed by atoms with van der Waals surface area (Å²) in [5.41, 5.74) is 5.69. The van der Waals surface area contributed by atoms with E-state index in [0.29, 0.717) is 19.7 Å². The number of hydrogen-bond acceptors (Lipinski definition) is 5. The second kappa shape index (κ2) is 6.55. The number of nitrogens with one attached hydrogen (secondary N) is 1. The summed E-state index contributed by atoms with van der Waals surface area (Å²) in [6.45, 7) is 4.39. The smallest absolute Gasteiger partial charge is 0.245 e. The number of nitrogens with two attached hydrogens (primary N) is 1. The van der Waals surface area contributed by atoms with Crippen LogP contribution in [0.15, 0.2) is 11.1 Å². The number of hydrogen-bond donors (Lipinski definition) is 2. The summed E-state index contributed by atoms with van der Waals surface area (Å²) in [5, 5.41) is 4.01. The van der Waals surface area contributed by atoms with Crippen molar-refractivity contribution >= 4 is 15.8 Å². The molecule has 2 rings (SSSR count). The lowest BCUT2D eigenvalue weighted by molar-refractivity contribution is 0.0568. The lowest BCUT2D eigenvalue weighted by atomic mass is 10.0. The van der Waals surface area contributed by atoms with Gasteiger partial charge in [0.15, 0.2) is 5.82 Å². The van der Waals surface area contributed by atoms with E-state index in [1.54, 1.807) is 4.68 Å². The first-order valence-electron chi connectivity index (χ1n) is 6.93. The molecule has 1 unspecified atom stereocenters. The minimum atomic E-state index is -3.60. The van der Waals surface area contributed by atoms with Crippen LogP contribution in [0, 0.1) is 5.92 Å². The summed E-state index contributed by atoms with van der Waals surface area (Å²) in [5.74, 6) is 0.274. The van der Waals surface area contributed by atoms with Crippen LogP contribution < -0.4 is 10.5 Å². The lowest BCUT2D eigenvalue weighted by Gasteiger charge is -2.21. The van der Waals surface area contributed by atoms with Crippen molar-refractivity contribution in [3.63, 3.8) is 0 Å². The summed E-state index contributed by atoms with van der Waals surface area (Å²) in [7, 11) is -3.60. The Labute approximate surface area is 119 Å². The van der Waals surface area contributed by atoms with E-state index in [1.807, 2.05) is 6.92 Å². The van der Waals surface area contributed by atoms with Crippen LogP contribution in [0.1, 0.15) is 26.2 Å². The molecule has 1 aromatic rings. The molecule has 1 aliphatic rings. The van der Waals surface area contributed by atoms with Crippen LogP contribution in [0.4, 0.5) is 5.82 Å². The van der Waals surface area contributed by atoms with E-state index >= 15 is 0 Å². The molecular formula is C12H22N4O3S. The largest absolute Gasteiger partial charge is 0.381 e. The number of ether oxygens (including phenoxy) is 1. The van der Waals surface area contributed by atoms with Gasteiger partial charge in [-0.15, -0.1) is 0 Å². The number of aromatic nitrogens is 2. The molecule has 0 spiro atoms. The first-order chi connectivity index (χ1) is 9.53. The number of nitrogens with zero attached hydrogens (tertiary/aromatic N) is 2. The van der Waals surface area contributed by atoms with Gasteiger partial charge in [-0.3, -0.25) is 4.68 Å². The van der Waals surface area contributed by atoms with E-state index in [4.69, 9.17) is 10.5 Å². The fraction of sp³-hybridized carbons (Fsp3) is 0.750. The van der Waals surface area contributed by atoms with Crippen LogP contribution in [0.5, 0.6) is 0 Å². The van der Waals surface area contributed by atoms with E-state index in [2.05, 4.69) is 9.82 Å². The van der Waals surface area contributed by atoms with Gasteiger partial charge in [0.1, 0.15) is 4.90 Å². The van der Waals surface area contributed by atoms with E-state index in [9.17, 15) is 8.42 Å². The molecule has 20 heavy (non-hydrogen) atoms. The van der Waals surface area contributed by atoms with Gasteiger partial charge in [-0.25, -0.2) is 13.1 Å². The van der Waals surface area contributed by atoms with Crippen molar-refractivity contribution in [2.75, 3.05) is 25.5 Å². The molecule has 1 aliphatic heterocycles. The van der Waals surface area contributed by atoms with Crippen molar-refractivity contribution in [3.8, 4) is 0 Å². The van der Waals surface area contributed by atoms with Gasteiger partial charge < -0.3 is 10.5 Å². The van der Waals surface area contributed by atoms with Gasteiger partial charge in [0.2, 0.25) is 10.0 Å². The molecule has 0 aromatic carbocycles. The Kier molecular flexibility index (Phi) is 5.00. The van der Waals surface area contributed by atoms with Crippen LogP contribution in [0.25, 0.3) is 0 Å². The monoisotopic (exact) mass is 302 g/mol. The third-order valence-electron chi connectivity index (χ3n) is 3.31. The van der Waals surface area contributed by atoms with Crippen LogP contribution in [0.2, 0.25) is 0 Å². The second-order valence-electron chi connectivity index (χ2n) is 5.08. The average Bonchev–Trinajstić information content (AvgIpc) is 2.80. The van der Waals surface area contributed by atoms with E-state index in [-0.39, 0.29) is 16.6 Å². The van der Waals surface area contributed by atoms with E-state index in [0.717, 1.165) is 25.9 Å². The molecule has 114 valence electrons. The third-order valence-corrected chi connectivity index (χ3v) is 4.75. The van der Waals surface area contributed by atoms with Crippen molar-refractivity contribution in [2.24, 2.45) is 5.92 Å². The molecule has 1 saturated heterocycles. The highest BCUT2D eigenvalue weighted by Gasteiger charge is 2.23. The average molecular weight is 302 g/mol. The molecule has 0 amide bonds. The van der Waals surface area contributed by atoms with Gasteiger partial charge >= 0.3 is 0 Å². The van der Waals surface area contributed by atoms with Gasteiger partial charge in [-0.2, -0.15) is 5.10 Å². The molecule has 0 saturated carbocycles. The van der Waals surface area contributed by atoms with Gasteiger partial charge in [0, 0.05) is 25.9 Å². The summed E-state index contributed by atoms with van der Waals surface area (Å²) < 4.78 is 34.0. The second-order valence-corrected chi connectivity index (χ2v) is 6.81. The maximum atomic E-state index is 12.2. The highest BCUT2D eigenvalue weighted by molar-refractivity contribution is 7.89. The molecule has 1 aromatic heterocycles. The molecule has 1 fully saturated rings. The molecule has 8 heteroatoms. The Morgan fingerprint density at radius 2 is 2.40 bits per heavy atom. The Morgan fingerprint density at radius 3 is 3.05 bits per heavy atom. The number of anilines is 1.